The molecule has 3 heterocycles. The first kappa shape index (κ1) is 24.9. The van der Waals surface area contributed by atoms with Gasteiger partial charge >= 0.3 is 5.97 Å². The summed E-state index contributed by atoms with van der Waals surface area (Å²) in [6.07, 6.45) is 7.17. The number of pyridine rings is 1. The molecule has 2 fully saturated rings. The predicted octanol–water partition coefficient (Wildman–Crippen LogP) is 3.45. The molecule has 2 aliphatic heterocycles. The Morgan fingerprint density at radius 3 is 2.11 bits per heavy atom. The van der Waals surface area contributed by atoms with E-state index >= 15 is 0 Å². The molecular formula is C29H34N6O2. The Hall–Kier alpha value is -3.75. The van der Waals surface area contributed by atoms with Crippen molar-refractivity contribution in [2.75, 3.05) is 44.2 Å². The fourth-order valence-electron chi connectivity index (χ4n) is 5.62. The number of nitrogens with zero attached hydrogens (tertiary/aromatic N) is 5. The molecule has 37 heavy (non-hydrogen) atoms. The smallest absolute Gasteiger partial charge is 0.325 e. The number of hydrazone groups is 1. The molecular weight excluding hydrogens is 464 g/mol. The number of hydrogen-bond acceptors (Lipinski definition) is 7. The van der Waals surface area contributed by atoms with Gasteiger partial charge in [-0.05, 0) is 59.4 Å². The molecule has 0 saturated carbocycles. The Bertz CT molecular complexity index is 1180. The number of benzene rings is 2. The molecule has 3 aromatic rings. The highest BCUT2D eigenvalue weighted by atomic mass is 16.4. The Morgan fingerprint density at radius 1 is 0.892 bits per heavy atom. The van der Waals surface area contributed by atoms with Gasteiger partial charge < -0.3 is 15.8 Å². The number of aromatic nitrogens is 1. The van der Waals surface area contributed by atoms with Crippen molar-refractivity contribution in [2.45, 2.75) is 24.9 Å². The highest BCUT2D eigenvalue weighted by molar-refractivity contribution is 5.80. The highest BCUT2D eigenvalue weighted by Gasteiger charge is 2.33. The summed E-state index contributed by atoms with van der Waals surface area (Å²) in [6.45, 7) is 5.61. The van der Waals surface area contributed by atoms with Gasteiger partial charge in [-0.3, -0.25) is 19.6 Å². The van der Waals surface area contributed by atoms with Crippen LogP contribution in [0.15, 0.2) is 78.2 Å². The Balaban J connectivity index is 1.15. The van der Waals surface area contributed by atoms with E-state index in [0.29, 0.717) is 6.04 Å². The van der Waals surface area contributed by atoms with Gasteiger partial charge in [0, 0.05) is 63.4 Å². The van der Waals surface area contributed by atoms with Gasteiger partial charge in [-0.1, -0.05) is 36.4 Å². The minimum atomic E-state index is -0.785. The normalized spacial score (nSPS) is 18.8. The molecule has 1 unspecified atom stereocenters. The molecule has 2 saturated heterocycles. The van der Waals surface area contributed by atoms with E-state index < -0.39 is 12.0 Å². The number of carboxylic acids is 1. The van der Waals surface area contributed by atoms with Gasteiger partial charge in [0.2, 0.25) is 0 Å². The number of anilines is 1. The average molecular weight is 499 g/mol. The molecule has 5 rings (SSSR count). The highest BCUT2D eigenvalue weighted by Crippen LogP contribution is 2.29. The number of piperazine rings is 1. The molecule has 0 spiro atoms. The number of aliphatic carboxylic acids is 1. The monoisotopic (exact) mass is 498 g/mol. The number of carbonyl (C=O) groups is 1. The van der Waals surface area contributed by atoms with Gasteiger partial charge in [0.25, 0.3) is 0 Å². The molecule has 192 valence electrons. The van der Waals surface area contributed by atoms with E-state index in [1.165, 1.54) is 5.69 Å². The summed E-state index contributed by atoms with van der Waals surface area (Å²) < 4.78 is 0. The molecule has 0 bridgehead atoms. The molecule has 1 atom stereocenters. The van der Waals surface area contributed by atoms with Crippen molar-refractivity contribution < 1.29 is 9.90 Å². The standard InChI is InChI=1S/C29H34N6O2/c30-32-21-22-1-7-26(8-2-22)33-17-19-34(20-18-33)27-11-15-35(16-12-27)28(29(36)37)25-5-3-23(4-6-25)24-9-13-31-14-10-24/h1-10,13-14,21,27-28H,11-12,15-20,30H2,(H,36,37). The molecule has 2 aliphatic rings. The summed E-state index contributed by atoms with van der Waals surface area (Å²) in [5.41, 5.74) is 5.20. The van der Waals surface area contributed by atoms with Crippen LogP contribution in [0.25, 0.3) is 11.1 Å². The minimum Gasteiger partial charge on any atom is -0.480 e. The van der Waals surface area contributed by atoms with Crippen molar-refractivity contribution in [3.8, 4) is 11.1 Å². The van der Waals surface area contributed by atoms with Crippen molar-refractivity contribution >= 4 is 17.9 Å². The summed E-state index contributed by atoms with van der Waals surface area (Å²) in [5, 5.41) is 13.7. The van der Waals surface area contributed by atoms with Gasteiger partial charge in [-0.2, -0.15) is 5.10 Å². The molecule has 1 aromatic heterocycles. The van der Waals surface area contributed by atoms with Crippen LogP contribution in [0.5, 0.6) is 0 Å². The predicted molar refractivity (Wildman–Crippen MR) is 147 cm³/mol. The number of nitrogens with two attached hydrogens (primary N) is 1. The summed E-state index contributed by atoms with van der Waals surface area (Å²) in [6, 6.07) is 20.1. The Kier molecular flexibility index (Phi) is 7.77. The van der Waals surface area contributed by atoms with Crippen molar-refractivity contribution in [1.29, 1.82) is 0 Å². The topological polar surface area (TPSA) is 98.3 Å². The second kappa shape index (κ2) is 11.5. The molecule has 8 nitrogen and oxygen atoms in total. The van der Waals surface area contributed by atoms with Crippen molar-refractivity contribution in [3.63, 3.8) is 0 Å². The zero-order valence-electron chi connectivity index (χ0n) is 21.0. The minimum absolute atomic E-state index is 0.505. The Labute approximate surface area is 218 Å². The van der Waals surface area contributed by atoms with Gasteiger partial charge in [-0.25, -0.2) is 0 Å². The van der Waals surface area contributed by atoms with Gasteiger partial charge in [0.05, 0.1) is 6.21 Å². The van der Waals surface area contributed by atoms with E-state index in [9.17, 15) is 9.90 Å². The van der Waals surface area contributed by atoms with Crippen LogP contribution in [-0.2, 0) is 4.79 Å². The second-order valence-electron chi connectivity index (χ2n) is 9.76. The van der Waals surface area contributed by atoms with Crippen LogP contribution in [-0.4, -0.2) is 77.4 Å². The van der Waals surface area contributed by atoms with Crippen LogP contribution in [0, 0.1) is 0 Å². The van der Waals surface area contributed by atoms with Crippen LogP contribution in [0.4, 0.5) is 5.69 Å². The van der Waals surface area contributed by atoms with E-state index in [-0.39, 0.29) is 0 Å². The van der Waals surface area contributed by atoms with Crippen molar-refractivity contribution in [3.05, 3.63) is 84.2 Å². The maximum Gasteiger partial charge on any atom is 0.325 e. The zero-order valence-corrected chi connectivity index (χ0v) is 21.0. The third-order valence-electron chi connectivity index (χ3n) is 7.65. The average Bonchev–Trinajstić information content (AvgIpc) is 2.95. The summed E-state index contributed by atoms with van der Waals surface area (Å²) in [7, 11) is 0. The van der Waals surface area contributed by atoms with Crippen molar-refractivity contribution in [1.82, 2.24) is 14.8 Å². The van der Waals surface area contributed by atoms with Crippen LogP contribution < -0.4 is 10.7 Å². The number of rotatable bonds is 7. The second-order valence-corrected chi connectivity index (χ2v) is 9.76. The number of carboxylic acid groups (broad SMARTS) is 1. The van der Waals surface area contributed by atoms with Crippen LogP contribution in [0.3, 0.4) is 0 Å². The van der Waals surface area contributed by atoms with Gasteiger partial charge in [0.15, 0.2) is 0 Å². The molecule has 0 radical (unpaired) electrons. The maximum absolute atomic E-state index is 12.3. The van der Waals surface area contributed by atoms with Gasteiger partial charge in [-0.15, -0.1) is 0 Å². The first-order valence-corrected chi connectivity index (χ1v) is 12.9. The fraction of sp³-hybridized carbons (Fsp3) is 0.345. The van der Waals surface area contributed by atoms with E-state index in [1.807, 2.05) is 48.5 Å². The van der Waals surface area contributed by atoms with Gasteiger partial charge in [0.1, 0.15) is 6.04 Å². The third kappa shape index (κ3) is 5.81. The van der Waals surface area contributed by atoms with E-state index in [1.54, 1.807) is 18.6 Å². The molecule has 8 heteroatoms. The quantitative estimate of drug-likeness (QED) is 0.292. The van der Waals surface area contributed by atoms with Crippen LogP contribution in [0.1, 0.15) is 30.0 Å². The maximum atomic E-state index is 12.3. The Morgan fingerprint density at radius 2 is 1.51 bits per heavy atom. The molecule has 0 aliphatic carbocycles. The lowest BCUT2D eigenvalue weighted by molar-refractivity contribution is -0.144. The van der Waals surface area contributed by atoms with E-state index in [2.05, 4.69) is 36.9 Å². The fourth-order valence-corrected chi connectivity index (χ4v) is 5.62. The number of piperidine rings is 1. The van der Waals surface area contributed by atoms with E-state index in [4.69, 9.17) is 5.84 Å². The molecule has 0 amide bonds. The van der Waals surface area contributed by atoms with Crippen molar-refractivity contribution in [2.24, 2.45) is 10.9 Å². The first-order valence-electron chi connectivity index (χ1n) is 12.9. The molecule has 2 aromatic carbocycles. The number of hydrogen-bond donors (Lipinski definition) is 2. The third-order valence-corrected chi connectivity index (χ3v) is 7.65. The van der Waals surface area contributed by atoms with Crippen LogP contribution >= 0.6 is 0 Å². The zero-order chi connectivity index (χ0) is 25.6. The summed E-state index contributed by atoms with van der Waals surface area (Å²) in [5.74, 6) is 4.46. The SMILES string of the molecule is NN=Cc1ccc(N2CCN(C3CCN(C(C(=O)O)c4ccc(-c5ccncc5)cc4)CC3)CC2)cc1. The molecule has 3 N–H and O–H groups in total. The lowest BCUT2D eigenvalue weighted by Crippen LogP contribution is -2.54. The summed E-state index contributed by atoms with van der Waals surface area (Å²) >= 11 is 0. The van der Waals surface area contributed by atoms with Crippen LogP contribution in [0.2, 0.25) is 0 Å². The first-order chi connectivity index (χ1) is 18.1. The number of likely N-dealkylation sites (tertiary alicyclic amines) is 1. The lowest BCUT2D eigenvalue weighted by atomic mass is 9.96. The largest absolute Gasteiger partial charge is 0.480 e. The summed E-state index contributed by atoms with van der Waals surface area (Å²) in [4.78, 5) is 23.5. The van der Waals surface area contributed by atoms with E-state index in [0.717, 1.165) is 74.4 Å². The lowest BCUT2D eigenvalue weighted by Gasteiger charge is -2.44.